The standard InChI is InChI=1S/C19H13ClFNO2/c20-14-9-10-18(17(21)12-14)22-19(23)13-5-4-8-16(11-13)24-15-6-2-1-3-7-15/h1-12H,(H,22,23). The van der Waals surface area contributed by atoms with Crippen LogP contribution in [0.2, 0.25) is 5.02 Å². The quantitative estimate of drug-likeness (QED) is 0.678. The van der Waals surface area contributed by atoms with E-state index in [1.807, 2.05) is 30.3 Å². The molecule has 0 aliphatic heterocycles. The number of anilines is 1. The van der Waals surface area contributed by atoms with Gasteiger partial charge in [-0.1, -0.05) is 35.9 Å². The lowest BCUT2D eigenvalue weighted by molar-refractivity contribution is 0.102. The Kier molecular flexibility index (Phi) is 4.77. The molecule has 0 atom stereocenters. The first-order valence-corrected chi connectivity index (χ1v) is 7.59. The molecule has 0 saturated carbocycles. The molecule has 3 rings (SSSR count). The zero-order valence-corrected chi connectivity index (χ0v) is 13.3. The van der Waals surface area contributed by atoms with Crippen LogP contribution < -0.4 is 10.1 Å². The smallest absolute Gasteiger partial charge is 0.255 e. The van der Waals surface area contributed by atoms with Crippen molar-refractivity contribution in [2.24, 2.45) is 0 Å². The van der Waals surface area contributed by atoms with Gasteiger partial charge >= 0.3 is 0 Å². The lowest BCUT2D eigenvalue weighted by Crippen LogP contribution is -2.13. The molecule has 0 unspecified atom stereocenters. The fraction of sp³-hybridized carbons (Fsp3) is 0. The molecule has 5 heteroatoms. The number of para-hydroxylation sites is 1. The van der Waals surface area contributed by atoms with Crippen molar-refractivity contribution in [3.05, 3.63) is 89.2 Å². The first-order valence-electron chi connectivity index (χ1n) is 7.21. The fourth-order valence-electron chi connectivity index (χ4n) is 2.11. The van der Waals surface area contributed by atoms with E-state index in [1.165, 1.54) is 12.1 Å². The number of hydrogen-bond donors (Lipinski definition) is 1. The summed E-state index contributed by atoms with van der Waals surface area (Å²) in [5.41, 5.74) is 0.427. The van der Waals surface area contributed by atoms with Crippen LogP contribution in [0.5, 0.6) is 11.5 Å². The maximum absolute atomic E-state index is 13.8. The van der Waals surface area contributed by atoms with Gasteiger partial charge in [-0.25, -0.2) is 4.39 Å². The summed E-state index contributed by atoms with van der Waals surface area (Å²) in [5.74, 6) is 0.159. The molecular weight excluding hydrogens is 329 g/mol. The number of halogens is 2. The summed E-state index contributed by atoms with van der Waals surface area (Å²) >= 11 is 5.70. The normalized spacial score (nSPS) is 10.2. The highest BCUT2D eigenvalue weighted by Gasteiger charge is 2.11. The lowest BCUT2D eigenvalue weighted by atomic mass is 10.2. The molecule has 0 radical (unpaired) electrons. The highest BCUT2D eigenvalue weighted by Crippen LogP contribution is 2.23. The van der Waals surface area contributed by atoms with Gasteiger partial charge in [0.05, 0.1) is 5.69 Å². The van der Waals surface area contributed by atoms with Crippen molar-refractivity contribution in [3.8, 4) is 11.5 Å². The number of rotatable bonds is 4. The molecular formula is C19H13ClFNO2. The number of carbonyl (C=O) groups excluding carboxylic acids is 1. The van der Waals surface area contributed by atoms with Gasteiger partial charge in [-0.3, -0.25) is 4.79 Å². The first-order chi connectivity index (χ1) is 11.6. The van der Waals surface area contributed by atoms with E-state index < -0.39 is 11.7 Å². The van der Waals surface area contributed by atoms with Gasteiger partial charge in [-0.2, -0.15) is 0 Å². The monoisotopic (exact) mass is 341 g/mol. The Morgan fingerprint density at radius 1 is 0.917 bits per heavy atom. The van der Waals surface area contributed by atoms with Crippen molar-refractivity contribution >= 4 is 23.2 Å². The molecule has 120 valence electrons. The second-order valence-corrected chi connectivity index (χ2v) is 5.46. The van der Waals surface area contributed by atoms with Crippen LogP contribution >= 0.6 is 11.6 Å². The van der Waals surface area contributed by atoms with E-state index in [9.17, 15) is 9.18 Å². The first kappa shape index (κ1) is 16.0. The van der Waals surface area contributed by atoms with Gasteiger partial charge < -0.3 is 10.1 Å². The topological polar surface area (TPSA) is 38.3 Å². The molecule has 24 heavy (non-hydrogen) atoms. The summed E-state index contributed by atoms with van der Waals surface area (Å²) in [7, 11) is 0. The molecule has 1 N–H and O–H groups in total. The molecule has 3 aromatic rings. The average Bonchev–Trinajstić information content (AvgIpc) is 2.58. The largest absolute Gasteiger partial charge is 0.457 e. The van der Waals surface area contributed by atoms with Crippen molar-refractivity contribution in [3.63, 3.8) is 0 Å². The maximum atomic E-state index is 13.8. The second-order valence-electron chi connectivity index (χ2n) is 5.02. The summed E-state index contributed by atoms with van der Waals surface area (Å²) in [6, 6.07) is 20.0. The lowest BCUT2D eigenvalue weighted by Gasteiger charge is -2.09. The molecule has 3 nitrogen and oxygen atoms in total. The Morgan fingerprint density at radius 2 is 1.67 bits per heavy atom. The highest BCUT2D eigenvalue weighted by molar-refractivity contribution is 6.30. The van der Waals surface area contributed by atoms with E-state index in [-0.39, 0.29) is 10.7 Å². The minimum Gasteiger partial charge on any atom is -0.457 e. The Labute approximate surface area is 143 Å². The van der Waals surface area contributed by atoms with Gasteiger partial charge in [0.15, 0.2) is 0 Å². The van der Waals surface area contributed by atoms with Crippen LogP contribution in [0.3, 0.4) is 0 Å². The van der Waals surface area contributed by atoms with Crippen LogP contribution in [0.4, 0.5) is 10.1 Å². The minimum absolute atomic E-state index is 0.0683. The third kappa shape index (κ3) is 3.91. The summed E-state index contributed by atoms with van der Waals surface area (Å²) in [6.45, 7) is 0. The predicted molar refractivity (Wildman–Crippen MR) is 92.3 cm³/mol. The summed E-state index contributed by atoms with van der Waals surface area (Å²) in [5, 5.41) is 2.78. The number of amides is 1. The van der Waals surface area contributed by atoms with Gasteiger partial charge in [-0.15, -0.1) is 0 Å². The average molecular weight is 342 g/mol. The minimum atomic E-state index is -0.590. The van der Waals surface area contributed by atoms with Crippen molar-refractivity contribution in [2.45, 2.75) is 0 Å². The van der Waals surface area contributed by atoms with Crippen LogP contribution in [0.25, 0.3) is 0 Å². The van der Waals surface area contributed by atoms with Gasteiger partial charge in [0.1, 0.15) is 17.3 Å². The number of carbonyl (C=O) groups is 1. The SMILES string of the molecule is O=C(Nc1ccc(Cl)cc1F)c1cccc(Oc2ccccc2)c1. The highest BCUT2D eigenvalue weighted by atomic mass is 35.5. The molecule has 0 aromatic heterocycles. The molecule has 0 saturated heterocycles. The van der Waals surface area contributed by atoms with Crippen LogP contribution in [0.1, 0.15) is 10.4 Å². The van der Waals surface area contributed by atoms with E-state index in [4.69, 9.17) is 16.3 Å². The van der Waals surface area contributed by atoms with Crippen LogP contribution in [-0.2, 0) is 0 Å². The number of nitrogens with one attached hydrogen (secondary N) is 1. The Balaban J connectivity index is 1.77. The van der Waals surface area contributed by atoms with E-state index in [0.717, 1.165) is 6.07 Å². The molecule has 0 bridgehead atoms. The number of ether oxygens (including phenoxy) is 1. The summed E-state index contributed by atoms with van der Waals surface area (Å²) < 4.78 is 19.5. The summed E-state index contributed by atoms with van der Waals surface area (Å²) in [4.78, 5) is 12.3. The molecule has 0 fully saturated rings. The second kappa shape index (κ2) is 7.15. The van der Waals surface area contributed by atoms with Crippen molar-refractivity contribution in [1.82, 2.24) is 0 Å². The zero-order chi connectivity index (χ0) is 16.9. The van der Waals surface area contributed by atoms with Gasteiger partial charge in [0.25, 0.3) is 5.91 Å². The Morgan fingerprint density at radius 3 is 2.42 bits per heavy atom. The number of hydrogen-bond acceptors (Lipinski definition) is 2. The third-order valence-corrected chi connectivity index (χ3v) is 3.49. The van der Waals surface area contributed by atoms with Gasteiger partial charge in [0.2, 0.25) is 0 Å². The fourth-order valence-corrected chi connectivity index (χ4v) is 2.27. The molecule has 0 spiro atoms. The third-order valence-electron chi connectivity index (χ3n) is 3.25. The van der Waals surface area contributed by atoms with Gasteiger partial charge in [0, 0.05) is 10.6 Å². The number of benzene rings is 3. The van der Waals surface area contributed by atoms with Crippen molar-refractivity contribution in [2.75, 3.05) is 5.32 Å². The van der Waals surface area contributed by atoms with E-state index in [2.05, 4.69) is 5.32 Å². The van der Waals surface area contributed by atoms with E-state index in [1.54, 1.807) is 24.3 Å². The molecule has 0 aliphatic carbocycles. The van der Waals surface area contributed by atoms with Crippen LogP contribution in [0, 0.1) is 5.82 Å². The molecule has 0 heterocycles. The predicted octanol–water partition coefficient (Wildman–Crippen LogP) is 5.52. The van der Waals surface area contributed by atoms with E-state index >= 15 is 0 Å². The Hall–Kier alpha value is -2.85. The van der Waals surface area contributed by atoms with Crippen LogP contribution in [0.15, 0.2) is 72.8 Å². The van der Waals surface area contributed by atoms with E-state index in [0.29, 0.717) is 17.1 Å². The molecule has 3 aromatic carbocycles. The molecule has 0 aliphatic rings. The summed E-state index contributed by atoms with van der Waals surface area (Å²) in [6.07, 6.45) is 0. The zero-order valence-electron chi connectivity index (χ0n) is 12.5. The Bertz CT molecular complexity index is 868. The van der Waals surface area contributed by atoms with Crippen molar-refractivity contribution < 1.29 is 13.9 Å². The van der Waals surface area contributed by atoms with Crippen LogP contribution in [-0.4, -0.2) is 5.91 Å². The van der Waals surface area contributed by atoms with Gasteiger partial charge in [-0.05, 0) is 48.5 Å². The molecule has 1 amide bonds. The maximum Gasteiger partial charge on any atom is 0.255 e. The van der Waals surface area contributed by atoms with Crippen molar-refractivity contribution in [1.29, 1.82) is 0 Å².